The lowest BCUT2D eigenvalue weighted by molar-refractivity contribution is 0.102. The maximum absolute atomic E-state index is 12.1. The van der Waals surface area contributed by atoms with Crippen molar-refractivity contribution in [3.05, 3.63) is 51.1 Å². The van der Waals surface area contributed by atoms with Crippen molar-refractivity contribution >= 4 is 52.2 Å². The Balaban J connectivity index is 2.24. The van der Waals surface area contributed by atoms with Crippen LogP contribution in [0.25, 0.3) is 0 Å². The van der Waals surface area contributed by atoms with E-state index in [1.54, 1.807) is 25.2 Å². The summed E-state index contributed by atoms with van der Waals surface area (Å²) < 4.78 is 0. The van der Waals surface area contributed by atoms with Crippen LogP contribution < -0.4 is 10.6 Å². The van der Waals surface area contributed by atoms with Gasteiger partial charge < -0.3 is 10.6 Å². The quantitative estimate of drug-likeness (QED) is 0.880. The summed E-state index contributed by atoms with van der Waals surface area (Å²) in [6.45, 7) is 0. The van der Waals surface area contributed by atoms with Crippen LogP contribution in [-0.2, 0) is 0 Å². The number of hydrogen-bond donors (Lipinski definition) is 2. The van der Waals surface area contributed by atoms with Crippen molar-refractivity contribution in [2.45, 2.75) is 0 Å². The number of amides is 1. The van der Waals surface area contributed by atoms with Crippen LogP contribution in [0, 0.1) is 0 Å². The maximum atomic E-state index is 12.1. The van der Waals surface area contributed by atoms with E-state index in [9.17, 15) is 4.79 Å². The summed E-state index contributed by atoms with van der Waals surface area (Å²) in [6, 6.07) is 6.33. The molecule has 1 amide bonds. The SMILES string of the molecule is CNc1ncc(C(=O)Nc2cc(Cl)ccc2Cl)cc1Cl. The van der Waals surface area contributed by atoms with Crippen LogP contribution in [0.5, 0.6) is 0 Å². The number of nitrogens with one attached hydrogen (secondary N) is 2. The third kappa shape index (κ3) is 3.33. The molecular weight excluding hydrogens is 321 g/mol. The molecule has 0 saturated heterocycles. The Bertz CT molecular complexity index is 661. The summed E-state index contributed by atoms with van der Waals surface area (Å²) in [5.41, 5.74) is 0.753. The number of benzene rings is 1. The van der Waals surface area contributed by atoms with Gasteiger partial charge in [0.1, 0.15) is 5.82 Å². The first kappa shape index (κ1) is 14.9. The fourth-order valence-corrected chi connectivity index (χ4v) is 2.13. The van der Waals surface area contributed by atoms with Crippen LogP contribution in [0.15, 0.2) is 30.5 Å². The molecule has 0 aliphatic rings. The molecule has 0 fully saturated rings. The number of nitrogens with zero attached hydrogens (tertiary/aromatic N) is 1. The highest BCUT2D eigenvalue weighted by molar-refractivity contribution is 6.36. The number of carbonyl (C=O) groups excluding carboxylic acids is 1. The number of carbonyl (C=O) groups is 1. The lowest BCUT2D eigenvalue weighted by atomic mass is 10.2. The monoisotopic (exact) mass is 329 g/mol. The molecule has 4 nitrogen and oxygen atoms in total. The molecule has 0 radical (unpaired) electrons. The van der Waals surface area contributed by atoms with Gasteiger partial charge in [-0.05, 0) is 24.3 Å². The van der Waals surface area contributed by atoms with E-state index >= 15 is 0 Å². The highest BCUT2D eigenvalue weighted by atomic mass is 35.5. The first-order valence-corrected chi connectivity index (χ1v) is 6.74. The van der Waals surface area contributed by atoms with Crippen molar-refractivity contribution in [2.75, 3.05) is 17.7 Å². The third-order valence-electron chi connectivity index (χ3n) is 2.52. The minimum Gasteiger partial charge on any atom is -0.372 e. The fourth-order valence-electron chi connectivity index (χ4n) is 1.53. The van der Waals surface area contributed by atoms with Gasteiger partial charge in [-0.15, -0.1) is 0 Å². The van der Waals surface area contributed by atoms with Crippen LogP contribution in [0.3, 0.4) is 0 Å². The van der Waals surface area contributed by atoms with Gasteiger partial charge in [-0.1, -0.05) is 34.8 Å². The Morgan fingerprint density at radius 1 is 1.15 bits per heavy atom. The average Bonchev–Trinajstić information content (AvgIpc) is 2.42. The predicted molar refractivity (Wildman–Crippen MR) is 83.2 cm³/mol. The number of anilines is 2. The topological polar surface area (TPSA) is 54.0 Å². The summed E-state index contributed by atoms with van der Waals surface area (Å²) >= 11 is 17.8. The Morgan fingerprint density at radius 3 is 2.55 bits per heavy atom. The molecule has 2 rings (SSSR count). The van der Waals surface area contributed by atoms with Gasteiger partial charge in [-0.3, -0.25) is 4.79 Å². The lowest BCUT2D eigenvalue weighted by Gasteiger charge is -2.09. The van der Waals surface area contributed by atoms with Crippen LogP contribution in [0.4, 0.5) is 11.5 Å². The van der Waals surface area contributed by atoms with Gasteiger partial charge in [-0.2, -0.15) is 0 Å². The summed E-state index contributed by atoms with van der Waals surface area (Å²) in [7, 11) is 1.69. The number of hydrogen-bond acceptors (Lipinski definition) is 3. The van der Waals surface area contributed by atoms with Crippen molar-refractivity contribution in [1.82, 2.24) is 4.98 Å². The molecule has 1 aromatic carbocycles. The maximum Gasteiger partial charge on any atom is 0.257 e. The van der Waals surface area contributed by atoms with E-state index in [1.165, 1.54) is 12.3 Å². The summed E-state index contributed by atoms with van der Waals surface area (Å²) in [5.74, 6) is 0.134. The van der Waals surface area contributed by atoms with E-state index in [1.807, 2.05) is 0 Å². The highest BCUT2D eigenvalue weighted by Gasteiger charge is 2.11. The van der Waals surface area contributed by atoms with Crippen molar-refractivity contribution in [3.63, 3.8) is 0 Å². The van der Waals surface area contributed by atoms with Crippen molar-refractivity contribution in [1.29, 1.82) is 0 Å². The zero-order chi connectivity index (χ0) is 14.7. The van der Waals surface area contributed by atoms with Gasteiger partial charge in [0.25, 0.3) is 5.91 Å². The largest absolute Gasteiger partial charge is 0.372 e. The minimum absolute atomic E-state index is 0.324. The van der Waals surface area contributed by atoms with E-state index in [4.69, 9.17) is 34.8 Å². The highest BCUT2D eigenvalue weighted by Crippen LogP contribution is 2.26. The van der Waals surface area contributed by atoms with E-state index < -0.39 is 0 Å². The molecule has 0 bridgehead atoms. The third-order valence-corrected chi connectivity index (χ3v) is 3.37. The first-order chi connectivity index (χ1) is 9.51. The number of halogens is 3. The molecule has 0 atom stereocenters. The Hall–Kier alpha value is -1.49. The van der Waals surface area contributed by atoms with E-state index in [0.717, 1.165) is 0 Å². The number of rotatable bonds is 3. The summed E-state index contributed by atoms with van der Waals surface area (Å²) in [5, 5.41) is 6.71. The molecule has 1 aromatic heterocycles. The minimum atomic E-state index is -0.369. The van der Waals surface area contributed by atoms with Gasteiger partial charge >= 0.3 is 0 Å². The van der Waals surface area contributed by atoms with Gasteiger partial charge in [0, 0.05) is 18.3 Å². The van der Waals surface area contributed by atoms with E-state index in [0.29, 0.717) is 32.1 Å². The van der Waals surface area contributed by atoms with Gasteiger partial charge in [0.05, 0.1) is 21.3 Å². The first-order valence-electron chi connectivity index (χ1n) is 5.61. The van der Waals surface area contributed by atoms with Gasteiger partial charge in [-0.25, -0.2) is 4.98 Å². The van der Waals surface area contributed by atoms with Crippen LogP contribution in [-0.4, -0.2) is 17.9 Å². The van der Waals surface area contributed by atoms with Crippen molar-refractivity contribution in [2.24, 2.45) is 0 Å². The Labute approximate surface area is 131 Å². The van der Waals surface area contributed by atoms with Crippen molar-refractivity contribution in [3.8, 4) is 0 Å². The van der Waals surface area contributed by atoms with E-state index in [2.05, 4.69) is 15.6 Å². The molecule has 0 saturated carbocycles. The van der Waals surface area contributed by atoms with E-state index in [-0.39, 0.29) is 5.91 Å². The Kier molecular flexibility index (Phi) is 4.70. The summed E-state index contributed by atoms with van der Waals surface area (Å²) in [6.07, 6.45) is 1.42. The van der Waals surface area contributed by atoms with Gasteiger partial charge in [0.2, 0.25) is 0 Å². The zero-order valence-electron chi connectivity index (χ0n) is 10.4. The number of pyridine rings is 1. The molecule has 2 N–H and O–H groups in total. The molecule has 0 aliphatic heterocycles. The smallest absolute Gasteiger partial charge is 0.257 e. The molecule has 1 heterocycles. The second-order valence-electron chi connectivity index (χ2n) is 3.88. The normalized spacial score (nSPS) is 10.2. The second kappa shape index (κ2) is 6.31. The van der Waals surface area contributed by atoms with Crippen LogP contribution >= 0.6 is 34.8 Å². The average molecular weight is 331 g/mol. The standard InChI is InChI=1S/C13H10Cl3N3O/c1-17-12-10(16)4-7(6-18-12)13(20)19-11-5-8(14)2-3-9(11)15/h2-6H,1H3,(H,17,18)(H,19,20). The Morgan fingerprint density at radius 2 is 1.90 bits per heavy atom. The fraction of sp³-hybridized carbons (Fsp3) is 0.0769. The molecule has 104 valence electrons. The van der Waals surface area contributed by atoms with Crippen molar-refractivity contribution < 1.29 is 4.79 Å². The summed E-state index contributed by atoms with van der Waals surface area (Å²) in [4.78, 5) is 16.1. The molecule has 20 heavy (non-hydrogen) atoms. The molecule has 0 spiro atoms. The van der Waals surface area contributed by atoms with Crippen LogP contribution in [0.1, 0.15) is 10.4 Å². The second-order valence-corrected chi connectivity index (χ2v) is 5.13. The molecule has 0 unspecified atom stereocenters. The molecule has 2 aromatic rings. The molecular formula is C13H10Cl3N3O. The predicted octanol–water partition coefficient (Wildman–Crippen LogP) is 4.34. The van der Waals surface area contributed by atoms with Crippen LogP contribution in [0.2, 0.25) is 15.1 Å². The number of aromatic nitrogens is 1. The zero-order valence-corrected chi connectivity index (χ0v) is 12.6. The van der Waals surface area contributed by atoms with Gasteiger partial charge in [0.15, 0.2) is 0 Å². The molecule has 0 aliphatic carbocycles. The molecule has 7 heteroatoms. The lowest BCUT2D eigenvalue weighted by Crippen LogP contribution is -2.13.